The normalized spacial score (nSPS) is 12.4. The molecule has 0 radical (unpaired) electrons. The number of halogens is 1. The van der Waals surface area contributed by atoms with Crippen molar-refractivity contribution in [3.8, 4) is 5.75 Å². The van der Waals surface area contributed by atoms with Crippen molar-refractivity contribution in [2.45, 2.75) is 26.2 Å². The maximum atomic E-state index is 13.8. The number of hydrogen-bond donors (Lipinski definition) is 1. The number of benzene rings is 1. The number of methoxy groups -OCH3 is 2. The summed E-state index contributed by atoms with van der Waals surface area (Å²) >= 11 is 0. The van der Waals surface area contributed by atoms with Crippen LogP contribution in [0.15, 0.2) is 18.2 Å². The highest BCUT2D eigenvalue weighted by atomic mass is 19.1. The van der Waals surface area contributed by atoms with Crippen LogP contribution in [0.25, 0.3) is 0 Å². The number of aryl methyl sites for hydroxylation is 1. The molecular formula is C16H26FNO2. The molecule has 0 saturated heterocycles. The van der Waals surface area contributed by atoms with Crippen molar-refractivity contribution < 1.29 is 13.9 Å². The van der Waals surface area contributed by atoms with Crippen LogP contribution in [-0.4, -0.2) is 33.9 Å². The number of rotatable bonds is 10. The summed E-state index contributed by atoms with van der Waals surface area (Å²) in [6.45, 7) is 4.82. The second kappa shape index (κ2) is 9.72. The Hall–Kier alpha value is -1.13. The summed E-state index contributed by atoms with van der Waals surface area (Å²) in [5.41, 5.74) is 0.769. The Morgan fingerprint density at radius 1 is 1.20 bits per heavy atom. The summed E-state index contributed by atoms with van der Waals surface area (Å²) < 4.78 is 23.7. The zero-order valence-corrected chi connectivity index (χ0v) is 12.7. The van der Waals surface area contributed by atoms with Crippen molar-refractivity contribution in [1.82, 2.24) is 5.32 Å². The van der Waals surface area contributed by atoms with Gasteiger partial charge in [0.2, 0.25) is 0 Å². The Morgan fingerprint density at radius 2 is 2.00 bits per heavy atom. The number of ether oxygens (including phenoxy) is 2. The van der Waals surface area contributed by atoms with Gasteiger partial charge in [-0.2, -0.15) is 0 Å². The molecule has 1 atom stereocenters. The van der Waals surface area contributed by atoms with Gasteiger partial charge in [-0.1, -0.05) is 13.0 Å². The van der Waals surface area contributed by atoms with Crippen molar-refractivity contribution in [2.24, 2.45) is 5.92 Å². The van der Waals surface area contributed by atoms with Gasteiger partial charge in [0.05, 0.1) is 13.7 Å². The molecule has 4 heteroatoms. The standard InChI is InChI=1S/C16H26FNO2/c1-13(8-9-18-10-11-19-2)4-5-14-6-7-15(20-3)12-16(14)17/h6-7,12-13,18H,4-5,8-11H2,1-3H3. The third-order valence-electron chi connectivity index (χ3n) is 3.46. The molecule has 0 saturated carbocycles. The van der Waals surface area contributed by atoms with E-state index < -0.39 is 0 Å². The minimum Gasteiger partial charge on any atom is -0.497 e. The molecule has 0 aromatic heterocycles. The zero-order chi connectivity index (χ0) is 14.8. The lowest BCUT2D eigenvalue weighted by Crippen LogP contribution is -2.21. The molecule has 1 aromatic rings. The van der Waals surface area contributed by atoms with Gasteiger partial charge in [-0.25, -0.2) is 4.39 Å². The lowest BCUT2D eigenvalue weighted by atomic mass is 9.98. The van der Waals surface area contributed by atoms with E-state index >= 15 is 0 Å². The van der Waals surface area contributed by atoms with E-state index in [1.54, 1.807) is 14.2 Å². The van der Waals surface area contributed by atoms with Crippen LogP contribution in [0, 0.1) is 11.7 Å². The highest BCUT2D eigenvalue weighted by molar-refractivity contribution is 5.28. The summed E-state index contributed by atoms with van der Waals surface area (Å²) in [4.78, 5) is 0. The van der Waals surface area contributed by atoms with Crippen molar-refractivity contribution in [3.05, 3.63) is 29.6 Å². The smallest absolute Gasteiger partial charge is 0.130 e. The Balaban J connectivity index is 2.25. The highest BCUT2D eigenvalue weighted by Gasteiger charge is 2.07. The van der Waals surface area contributed by atoms with Crippen LogP contribution in [-0.2, 0) is 11.2 Å². The molecule has 0 aliphatic heterocycles. The minimum absolute atomic E-state index is 0.172. The summed E-state index contributed by atoms with van der Waals surface area (Å²) in [5.74, 6) is 0.975. The second-order valence-electron chi connectivity index (χ2n) is 5.13. The Labute approximate surface area is 121 Å². The van der Waals surface area contributed by atoms with E-state index in [2.05, 4.69) is 12.2 Å². The van der Waals surface area contributed by atoms with Gasteiger partial charge >= 0.3 is 0 Å². The lowest BCUT2D eigenvalue weighted by molar-refractivity contribution is 0.199. The second-order valence-corrected chi connectivity index (χ2v) is 5.13. The first kappa shape index (κ1) is 16.9. The first-order chi connectivity index (χ1) is 9.67. The van der Waals surface area contributed by atoms with Gasteiger partial charge in [0, 0.05) is 19.7 Å². The predicted molar refractivity (Wildman–Crippen MR) is 79.8 cm³/mol. The summed E-state index contributed by atoms with van der Waals surface area (Å²) in [7, 11) is 3.25. The molecule has 0 bridgehead atoms. The third kappa shape index (κ3) is 6.35. The van der Waals surface area contributed by atoms with Crippen LogP contribution in [0.2, 0.25) is 0 Å². The molecule has 1 unspecified atom stereocenters. The van der Waals surface area contributed by atoms with Gasteiger partial charge in [0.1, 0.15) is 11.6 Å². The topological polar surface area (TPSA) is 30.5 Å². The fourth-order valence-corrected chi connectivity index (χ4v) is 2.05. The summed E-state index contributed by atoms with van der Waals surface area (Å²) in [6, 6.07) is 5.08. The van der Waals surface area contributed by atoms with E-state index in [0.717, 1.165) is 44.5 Å². The van der Waals surface area contributed by atoms with E-state index in [9.17, 15) is 4.39 Å². The molecule has 20 heavy (non-hydrogen) atoms. The predicted octanol–water partition coefficient (Wildman–Crippen LogP) is 3.03. The molecule has 114 valence electrons. The molecule has 1 aromatic carbocycles. The molecule has 0 aliphatic carbocycles. The maximum absolute atomic E-state index is 13.8. The van der Waals surface area contributed by atoms with Crippen LogP contribution in [0.4, 0.5) is 4.39 Å². The molecule has 1 rings (SSSR count). The SMILES string of the molecule is COCCNCCC(C)CCc1ccc(OC)cc1F. The lowest BCUT2D eigenvalue weighted by Gasteiger charge is -2.12. The van der Waals surface area contributed by atoms with Crippen molar-refractivity contribution in [1.29, 1.82) is 0 Å². The fourth-order valence-electron chi connectivity index (χ4n) is 2.05. The molecule has 0 spiro atoms. The fraction of sp³-hybridized carbons (Fsp3) is 0.625. The monoisotopic (exact) mass is 283 g/mol. The van der Waals surface area contributed by atoms with E-state index in [1.807, 2.05) is 12.1 Å². The Morgan fingerprint density at radius 3 is 2.65 bits per heavy atom. The van der Waals surface area contributed by atoms with Gasteiger partial charge in [0.15, 0.2) is 0 Å². The number of hydrogen-bond acceptors (Lipinski definition) is 3. The van der Waals surface area contributed by atoms with Crippen molar-refractivity contribution in [2.75, 3.05) is 33.9 Å². The quantitative estimate of drug-likeness (QED) is 0.670. The largest absolute Gasteiger partial charge is 0.497 e. The van der Waals surface area contributed by atoms with Crippen LogP contribution >= 0.6 is 0 Å². The first-order valence-corrected chi connectivity index (χ1v) is 7.19. The average molecular weight is 283 g/mol. The first-order valence-electron chi connectivity index (χ1n) is 7.19. The van der Waals surface area contributed by atoms with Crippen molar-refractivity contribution in [3.63, 3.8) is 0 Å². The molecule has 0 fully saturated rings. The molecule has 0 aliphatic rings. The van der Waals surface area contributed by atoms with E-state index in [0.29, 0.717) is 11.7 Å². The summed E-state index contributed by atoms with van der Waals surface area (Å²) in [5, 5.41) is 3.33. The molecule has 1 N–H and O–H groups in total. The minimum atomic E-state index is -0.172. The van der Waals surface area contributed by atoms with Crippen LogP contribution in [0.5, 0.6) is 5.75 Å². The van der Waals surface area contributed by atoms with Gasteiger partial charge in [-0.05, 0) is 43.4 Å². The average Bonchev–Trinajstić information content (AvgIpc) is 2.45. The van der Waals surface area contributed by atoms with Gasteiger partial charge in [-0.3, -0.25) is 0 Å². The van der Waals surface area contributed by atoms with Gasteiger partial charge in [0.25, 0.3) is 0 Å². The van der Waals surface area contributed by atoms with E-state index in [1.165, 1.54) is 6.07 Å². The van der Waals surface area contributed by atoms with E-state index in [-0.39, 0.29) is 5.82 Å². The molecule has 0 heterocycles. The molecule has 0 amide bonds. The van der Waals surface area contributed by atoms with Gasteiger partial charge in [-0.15, -0.1) is 0 Å². The summed E-state index contributed by atoms with van der Waals surface area (Å²) in [6.07, 6.45) is 2.87. The third-order valence-corrected chi connectivity index (χ3v) is 3.46. The Bertz CT molecular complexity index is 385. The van der Waals surface area contributed by atoms with E-state index in [4.69, 9.17) is 9.47 Å². The zero-order valence-electron chi connectivity index (χ0n) is 12.7. The molecular weight excluding hydrogens is 257 g/mol. The van der Waals surface area contributed by atoms with Gasteiger partial charge < -0.3 is 14.8 Å². The van der Waals surface area contributed by atoms with Crippen LogP contribution in [0.3, 0.4) is 0 Å². The molecule has 3 nitrogen and oxygen atoms in total. The Kier molecular flexibility index (Phi) is 8.23. The van der Waals surface area contributed by atoms with Crippen LogP contribution in [0.1, 0.15) is 25.3 Å². The maximum Gasteiger partial charge on any atom is 0.130 e. The highest BCUT2D eigenvalue weighted by Crippen LogP contribution is 2.19. The van der Waals surface area contributed by atoms with Crippen molar-refractivity contribution >= 4 is 0 Å². The van der Waals surface area contributed by atoms with Crippen LogP contribution < -0.4 is 10.1 Å². The number of nitrogens with one attached hydrogen (secondary N) is 1.